The van der Waals surface area contributed by atoms with Crippen LogP contribution in [-0.2, 0) is 0 Å². The lowest BCUT2D eigenvalue weighted by Crippen LogP contribution is -1.65. The second kappa shape index (κ2) is 5.82. The van der Waals surface area contributed by atoms with Crippen LogP contribution in [0.4, 0.5) is 5.69 Å². The summed E-state index contributed by atoms with van der Waals surface area (Å²) in [6, 6.07) is 17.7. The molecule has 2 aromatic rings. The molecule has 80 valence electrons. The lowest BCUT2D eigenvalue weighted by atomic mass is 10.3. The third-order valence-corrected chi connectivity index (χ3v) is 3.05. The van der Waals surface area contributed by atoms with Gasteiger partial charge >= 0.3 is 0 Å². The number of rotatable bonds is 3. The van der Waals surface area contributed by atoms with Gasteiger partial charge in [-0.1, -0.05) is 34.1 Å². The smallest absolute Gasteiger partial charge is 0.0864 e. The SMILES string of the molecule is Brc1ccc(N=NSc2ccccc2)cc1. The van der Waals surface area contributed by atoms with E-state index in [1.165, 1.54) is 11.9 Å². The van der Waals surface area contributed by atoms with E-state index in [-0.39, 0.29) is 0 Å². The van der Waals surface area contributed by atoms with Gasteiger partial charge in [0.15, 0.2) is 0 Å². The lowest BCUT2D eigenvalue weighted by molar-refractivity contribution is 1.32. The van der Waals surface area contributed by atoms with Gasteiger partial charge < -0.3 is 0 Å². The highest BCUT2D eigenvalue weighted by Gasteiger charge is 1.91. The van der Waals surface area contributed by atoms with Crippen LogP contribution in [0.1, 0.15) is 0 Å². The van der Waals surface area contributed by atoms with Crippen LogP contribution in [0.15, 0.2) is 73.6 Å². The molecular weight excluding hydrogens is 284 g/mol. The van der Waals surface area contributed by atoms with Crippen LogP contribution in [-0.4, -0.2) is 0 Å². The van der Waals surface area contributed by atoms with Crippen molar-refractivity contribution in [2.24, 2.45) is 9.63 Å². The van der Waals surface area contributed by atoms with E-state index < -0.39 is 0 Å². The molecule has 0 N–H and O–H groups in total. The summed E-state index contributed by atoms with van der Waals surface area (Å²) in [5, 5.41) is 4.11. The Morgan fingerprint density at radius 2 is 1.56 bits per heavy atom. The topological polar surface area (TPSA) is 24.7 Å². The molecule has 2 nitrogen and oxygen atoms in total. The monoisotopic (exact) mass is 292 g/mol. The first-order valence-corrected chi connectivity index (χ1v) is 6.30. The average molecular weight is 293 g/mol. The summed E-state index contributed by atoms with van der Waals surface area (Å²) in [5.41, 5.74) is 0.853. The second-order valence-electron chi connectivity index (χ2n) is 3.06. The molecule has 4 heteroatoms. The van der Waals surface area contributed by atoms with Gasteiger partial charge in [0.05, 0.1) is 5.69 Å². The van der Waals surface area contributed by atoms with Crippen molar-refractivity contribution in [1.29, 1.82) is 0 Å². The number of nitrogens with zero attached hydrogens (tertiary/aromatic N) is 2. The average Bonchev–Trinajstić information content (AvgIpc) is 2.33. The summed E-state index contributed by atoms with van der Waals surface area (Å²) in [7, 11) is 0. The largest absolute Gasteiger partial charge is 0.143 e. The fraction of sp³-hybridized carbons (Fsp3) is 0. The Kier molecular flexibility index (Phi) is 4.13. The van der Waals surface area contributed by atoms with E-state index in [2.05, 4.69) is 25.6 Å². The van der Waals surface area contributed by atoms with Crippen molar-refractivity contribution in [2.75, 3.05) is 0 Å². The molecule has 0 radical (unpaired) electrons. The van der Waals surface area contributed by atoms with E-state index >= 15 is 0 Å². The Hall–Kier alpha value is -1.13. The second-order valence-corrected chi connectivity index (χ2v) is 4.80. The Labute approximate surface area is 107 Å². The minimum atomic E-state index is 0.853. The zero-order valence-electron chi connectivity index (χ0n) is 8.38. The molecule has 0 saturated carbocycles. The van der Waals surface area contributed by atoms with Crippen LogP contribution in [0.2, 0.25) is 0 Å². The molecule has 0 aliphatic rings. The molecule has 0 aromatic heterocycles. The van der Waals surface area contributed by atoms with E-state index in [1.807, 2.05) is 54.6 Å². The van der Waals surface area contributed by atoms with Gasteiger partial charge in [-0.15, -0.1) is 9.63 Å². The van der Waals surface area contributed by atoms with Crippen LogP contribution < -0.4 is 0 Å². The Bertz CT molecular complexity index is 468. The number of hydrogen-bond donors (Lipinski definition) is 0. The van der Waals surface area contributed by atoms with Gasteiger partial charge in [0.25, 0.3) is 0 Å². The lowest BCUT2D eigenvalue weighted by Gasteiger charge is -1.93. The first kappa shape index (κ1) is 11.4. The van der Waals surface area contributed by atoms with Crippen molar-refractivity contribution in [1.82, 2.24) is 0 Å². The molecule has 0 aliphatic carbocycles. The van der Waals surface area contributed by atoms with E-state index in [4.69, 9.17) is 0 Å². The van der Waals surface area contributed by atoms with Gasteiger partial charge in [-0.25, -0.2) is 0 Å². The predicted octanol–water partition coefficient (Wildman–Crippen LogP) is 5.24. The van der Waals surface area contributed by atoms with Crippen molar-refractivity contribution < 1.29 is 0 Å². The van der Waals surface area contributed by atoms with E-state index in [1.54, 1.807) is 0 Å². The highest BCUT2D eigenvalue weighted by atomic mass is 79.9. The van der Waals surface area contributed by atoms with E-state index in [0.29, 0.717) is 0 Å². The highest BCUT2D eigenvalue weighted by Crippen LogP contribution is 2.22. The molecule has 0 unspecified atom stereocenters. The molecule has 0 atom stereocenters. The van der Waals surface area contributed by atoms with Gasteiger partial charge in [-0.05, 0) is 36.4 Å². The van der Waals surface area contributed by atoms with Gasteiger partial charge in [0.1, 0.15) is 0 Å². The van der Waals surface area contributed by atoms with Crippen LogP contribution in [0.5, 0.6) is 0 Å². The zero-order valence-corrected chi connectivity index (χ0v) is 10.8. The third kappa shape index (κ3) is 3.47. The molecule has 2 aromatic carbocycles. The van der Waals surface area contributed by atoms with Gasteiger partial charge in [-0.3, -0.25) is 0 Å². The molecule has 16 heavy (non-hydrogen) atoms. The minimum Gasteiger partial charge on any atom is -0.143 e. The van der Waals surface area contributed by atoms with Crippen molar-refractivity contribution in [3.63, 3.8) is 0 Å². The summed E-state index contributed by atoms with van der Waals surface area (Å²) in [5.74, 6) is 0. The first-order valence-electron chi connectivity index (χ1n) is 4.73. The Morgan fingerprint density at radius 1 is 0.875 bits per heavy atom. The highest BCUT2D eigenvalue weighted by molar-refractivity contribution is 9.10. The Morgan fingerprint density at radius 3 is 2.25 bits per heavy atom. The number of halogens is 1. The maximum absolute atomic E-state index is 4.11. The molecular formula is C12H9BrN2S. The van der Waals surface area contributed by atoms with Crippen molar-refractivity contribution in [3.05, 3.63) is 59.1 Å². The third-order valence-electron chi connectivity index (χ3n) is 1.87. The van der Waals surface area contributed by atoms with Crippen LogP contribution in [0.3, 0.4) is 0 Å². The number of benzene rings is 2. The van der Waals surface area contributed by atoms with Crippen molar-refractivity contribution >= 4 is 33.6 Å². The summed E-state index contributed by atoms with van der Waals surface area (Å²) in [6.07, 6.45) is 0. The molecule has 0 spiro atoms. The Balaban J connectivity index is 1.98. The standard InChI is InChI=1S/C12H9BrN2S/c13-10-6-8-11(9-7-10)14-15-16-12-4-2-1-3-5-12/h1-9H. The summed E-state index contributed by atoms with van der Waals surface area (Å²) in [4.78, 5) is 1.09. The quantitative estimate of drug-likeness (QED) is 0.561. The summed E-state index contributed by atoms with van der Waals surface area (Å²) >= 11 is 4.74. The van der Waals surface area contributed by atoms with Gasteiger partial charge in [-0.2, -0.15) is 0 Å². The van der Waals surface area contributed by atoms with Gasteiger partial charge in [0, 0.05) is 21.3 Å². The molecule has 2 rings (SSSR count). The van der Waals surface area contributed by atoms with E-state index in [0.717, 1.165) is 15.1 Å². The summed E-state index contributed by atoms with van der Waals surface area (Å²) in [6.45, 7) is 0. The van der Waals surface area contributed by atoms with Crippen LogP contribution in [0, 0.1) is 0 Å². The molecule has 0 amide bonds. The predicted molar refractivity (Wildman–Crippen MR) is 71.0 cm³/mol. The normalized spacial score (nSPS) is 10.8. The first-order chi connectivity index (χ1) is 7.84. The van der Waals surface area contributed by atoms with E-state index in [9.17, 15) is 0 Å². The number of hydrogen-bond acceptors (Lipinski definition) is 3. The molecule has 0 saturated heterocycles. The molecule has 0 heterocycles. The van der Waals surface area contributed by atoms with Gasteiger partial charge in [0.2, 0.25) is 0 Å². The maximum Gasteiger partial charge on any atom is 0.0864 e. The van der Waals surface area contributed by atoms with Crippen molar-refractivity contribution in [3.8, 4) is 0 Å². The molecule has 0 fully saturated rings. The van der Waals surface area contributed by atoms with Crippen LogP contribution in [0.25, 0.3) is 0 Å². The zero-order chi connectivity index (χ0) is 11.2. The molecule has 0 bridgehead atoms. The fourth-order valence-electron chi connectivity index (χ4n) is 1.10. The maximum atomic E-state index is 4.11. The van der Waals surface area contributed by atoms with Crippen LogP contribution >= 0.6 is 27.9 Å². The minimum absolute atomic E-state index is 0.853. The van der Waals surface area contributed by atoms with Crippen molar-refractivity contribution in [2.45, 2.75) is 4.90 Å². The summed E-state index contributed by atoms with van der Waals surface area (Å²) < 4.78 is 5.11. The fourth-order valence-corrected chi connectivity index (χ4v) is 1.88. The molecule has 0 aliphatic heterocycles.